The van der Waals surface area contributed by atoms with Crippen molar-refractivity contribution in [3.8, 4) is 0 Å². The molecule has 0 unspecified atom stereocenters. The Labute approximate surface area is 226 Å². The van der Waals surface area contributed by atoms with Crippen LogP contribution in [0.4, 0.5) is 5.69 Å². The fraction of sp³-hybridized carbons (Fsp3) is 0.312. The van der Waals surface area contributed by atoms with Crippen LogP contribution in [-0.4, -0.2) is 41.8 Å². The van der Waals surface area contributed by atoms with Crippen LogP contribution in [0.25, 0.3) is 0 Å². The number of carbonyl (C=O) groups is 3. The summed E-state index contributed by atoms with van der Waals surface area (Å²) < 4.78 is 0. The van der Waals surface area contributed by atoms with Gasteiger partial charge in [-0.2, -0.15) is 0 Å². The maximum absolute atomic E-state index is 13.3. The van der Waals surface area contributed by atoms with E-state index in [9.17, 15) is 14.4 Å². The molecule has 3 aromatic rings. The van der Waals surface area contributed by atoms with Gasteiger partial charge in [-0.05, 0) is 61.6 Å². The summed E-state index contributed by atoms with van der Waals surface area (Å²) in [5.74, 6) is -0.955. The SMILES string of the molecule is CCCN(CCC)C(=O)c1cccc(C(=O)N[C@H]([CH][C@H](C)C(=O)Nc2ccccc2)Cc2ccccc2)c1. The monoisotopic (exact) mass is 512 g/mol. The van der Waals surface area contributed by atoms with Gasteiger partial charge < -0.3 is 15.5 Å². The molecule has 0 fully saturated rings. The Kier molecular flexibility index (Phi) is 11.1. The summed E-state index contributed by atoms with van der Waals surface area (Å²) in [5, 5.41) is 6.00. The van der Waals surface area contributed by atoms with Crippen molar-refractivity contribution in [3.05, 3.63) is 108 Å². The standard InChI is InChI=1S/C32H38N3O3/c1-4-19-35(20-5-2)32(38)27-16-12-15-26(23-27)31(37)34-29(22-25-13-8-6-9-14-25)21-24(3)30(36)33-28-17-10-7-11-18-28/h6-18,21,23-24,29H,4-5,19-20,22H2,1-3H3,(H,33,36)(H,34,37)/t24-,29+/m0/s1. The Bertz CT molecular complexity index is 1170. The largest absolute Gasteiger partial charge is 0.349 e. The molecule has 0 saturated carbocycles. The van der Waals surface area contributed by atoms with Crippen LogP contribution in [0.5, 0.6) is 0 Å². The number of amides is 3. The van der Waals surface area contributed by atoms with Gasteiger partial charge in [0.15, 0.2) is 0 Å². The molecule has 6 heteroatoms. The first kappa shape index (κ1) is 28.6. The number of rotatable bonds is 13. The van der Waals surface area contributed by atoms with E-state index in [1.165, 1.54) is 0 Å². The van der Waals surface area contributed by atoms with E-state index in [-0.39, 0.29) is 17.7 Å². The van der Waals surface area contributed by atoms with Gasteiger partial charge in [-0.15, -0.1) is 0 Å². The summed E-state index contributed by atoms with van der Waals surface area (Å²) in [6.45, 7) is 7.27. The predicted molar refractivity (Wildman–Crippen MR) is 153 cm³/mol. The van der Waals surface area contributed by atoms with E-state index in [0.717, 1.165) is 24.1 Å². The molecule has 0 aliphatic rings. The van der Waals surface area contributed by atoms with Crippen LogP contribution < -0.4 is 10.6 Å². The number of nitrogens with zero attached hydrogens (tertiary/aromatic N) is 1. The van der Waals surface area contributed by atoms with Crippen molar-refractivity contribution < 1.29 is 14.4 Å². The molecule has 0 aliphatic heterocycles. The third-order valence-corrected chi connectivity index (χ3v) is 6.24. The zero-order valence-electron chi connectivity index (χ0n) is 22.5. The minimum atomic E-state index is -0.450. The van der Waals surface area contributed by atoms with Crippen LogP contribution in [0, 0.1) is 12.3 Å². The van der Waals surface area contributed by atoms with Gasteiger partial charge in [-0.3, -0.25) is 14.4 Å². The summed E-state index contributed by atoms with van der Waals surface area (Å²) in [5.41, 5.74) is 2.68. The minimum absolute atomic E-state index is 0.0676. The Hall–Kier alpha value is -3.93. The average Bonchev–Trinajstić information content (AvgIpc) is 2.93. The van der Waals surface area contributed by atoms with Crippen LogP contribution in [0.2, 0.25) is 0 Å². The number of para-hydroxylation sites is 1. The molecule has 6 nitrogen and oxygen atoms in total. The first-order valence-corrected chi connectivity index (χ1v) is 13.4. The van der Waals surface area contributed by atoms with Gasteiger partial charge in [0, 0.05) is 41.9 Å². The zero-order valence-corrected chi connectivity index (χ0v) is 22.5. The number of nitrogens with one attached hydrogen (secondary N) is 2. The second-order valence-corrected chi connectivity index (χ2v) is 9.48. The molecule has 38 heavy (non-hydrogen) atoms. The van der Waals surface area contributed by atoms with Crippen molar-refractivity contribution in [2.75, 3.05) is 18.4 Å². The van der Waals surface area contributed by atoms with E-state index < -0.39 is 12.0 Å². The van der Waals surface area contributed by atoms with Crippen molar-refractivity contribution in [1.29, 1.82) is 0 Å². The Morgan fingerprint density at radius 2 is 1.42 bits per heavy atom. The normalized spacial score (nSPS) is 12.3. The highest BCUT2D eigenvalue weighted by Crippen LogP contribution is 2.16. The summed E-state index contributed by atoms with van der Waals surface area (Å²) >= 11 is 0. The van der Waals surface area contributed by atoms with Crippen LogP contribution in [-0.2, 0) is 11.2 Å². The molecule has 2 atom stereocenters. The third-order valence-electron chi connectivity index (χ3n) is 6.24. The van der Waals surface area contributed by atoms with Gasteiger partial charge in [-0.25, -0.2) is 0 Å². The lowest BCUT2D eigenvalue weighted by molar-refractivity contribution is -0.118. The van der Waals surface area contributed by atoms with Crippen LogP contribution in [0.3, 0.4) is 0 Å². The van der Waals surface area contributed by atoms with E-state index in [2.05, 4.69) is 10.6 Å². The van der Waals surface area contributed by atoms with E-state index in [0.29, 0.717) is 30.6 Å². The minimum Gasteiger partial charge on any atom is -0.349 e. The lowest BCUT2D eigenvalue weighted by atomic mass is 9.95. The number of carbonyl (C=O) groups excluding carboxylic acids is 3. The molecule has 2 N–H and O–H groups in total. The molecule has 199 valence electrons. The van der Waals surface area contributed by atoms with Crippen LogP contribution in [0.15, 0.2) is 84.9 Å². The second kappa shape index (κ2) is 14.7. The molecule has 0 aromatic heterocycles. The fourth-order valence-electron chi connectivity index (χ4n) is 4.33. The van der Waals surface area contributed by atoms with Crippen LogP contribution >= 0.6 is 0 Å². The van der Waals surface area contributed by atoms with E-state index in [4.69, 9.17) is 0 Å². The van der Waals surface area contributed by atoms with Gasteiger partial charge in [0.1, 0.15) is 0 Å². The van der Waals surface area contributed by atoms with Gasteiger partial charge in [0.2, 0.25) is 5.91 Å². The van der Waals surface area contributed by atoms with E-state index in [1.807, 2.05) is 92.8 Å². The first-order valence-electron chi connectivity index (χ1n) is 13.4. The summed E-state index contributed by atoms with van der Waals surface area (Å²) in [7, 11) is 0. The number of hydrogen-bond acceptors (Lipinski definition) is 3. The third kappa shape index (κ3) is 8.58. The lowest BCUT2D eigenvalue weighted by Gasteiger charge is -2.23. The van der Waals surface area contributed by atoms with Crippen molar-refractivity contribution in [2.45, 2.75) is 46.1 Å². The fourth-order valence-corrected chi connectivity index (χ4v) is 4.33. The van der Waals surface area contributed by atoms with Gasteiger partial charge in [0.05, 0.1) is 0 Å². The molecule has 0 bridgehead atoms. The predicted octanol–water partition coefficient (Wildman–Crippen LogP) is 5.77. The van der Waals surface area contributed by atoms with Gasteiger partial charge >= 0.3 is 0 Å². The quantitative estimate of drug-likeness (QED) is 0.305. The number of benzene rings is 3. The summed E-state index contributed by atoms with van der Waals surface area (Å²) in [6.07, 6.45) is 4.15. The first-order chi connectivity index (χ1) is 18.4. The smallest absolute Gasteiger partial charge is 0.253 e. The molecule has 0 heterocycles. The van der Waals surface area contributed by atoms with Gasteiger partial charge in [0.25, 0.3) is 11.8 Å². The molecule has 0 saturated heterocycles. The summed E-state index contributed by atoms with van der Waals surface area (Å²) in [4.78, 5) is 41.1. The van der Waals surface area contributed by atoms with E-state index in [1.54, 1.807) is 24.3 Å². The highest BCUT2D eigenvalue weighted by Gasteiger charge is 2.23. The number of anilines is 1. The number of hydrogen-bond donors (Lipinski definition) is 2. The zero-order chi connectivity index (χ0) is 27.3. The molecular weight excluding hydrogens is 474 g/mol. The molecule has 0 spiro atoms. The Balaban J connectivity index is 1.74. The average molecular weight is 513 g/mol. The Morgan fingerprint density at radius 1 is 0.816 bits per heavy atom. The molecular formula is C32H38N3O3. The molecule has 3 aromatic carbocycles. The molecule has 3 rings (SSSR count). The maximum Gasteiger partial charge on any atom is 0.253 e. The van der Waals surface area contributed by atoms with Crippen LogP contribution in [0.1, 0.15) is 59.9 Å². The van der Waals surface area contributed by atoms with Crippen molar-refractivity contribution in [2.24, 2.45) is 5.92 Å². The molecule has 0 aliphatic carbocycles. The Morgan fingerprint density at radius 3 is 2.05 bits per heavy atom. The molecule has 3 amide bonds. The second-order valence-electron chi connectivity index (χ2n) is 9.48. The van der Waals surface area contributed by atoms with Crippen molar-refractivity contribution >= 4 is 23.4 Å². The van der Waals surface area contributed by atoms with Crippen molar-refractivity contribution in [3.63, 3.8) is 0 Å². The lowest BCUT2D eigenvalue weighted by Crippen LogP contribution is -2.40. The van der Waals surface area contributed by atoms with Crippen molar-refractivity contribution in [1.82, 2.24) is 10.2 Å². The van der Waals surface area contributed by atoms with E-state index >= 15 is 0 Å². The topological polar surface area (TPSA) is 78.5 Å². The van der Waals surface area contributed by atoms with Gasteiger partial charge in [-0.1, -0.05) is 75.4 Å². The molecule has 1 radical (unpaired) electrons. The highest BCUT2D eigenvalue weighted by atomic mass is 16.2. The maximum atomic E-state index is 13.3. The highest BCUT2D eigenvalue weighted by molar-refractivity contribution is 6.00. The summed E-state index contributed by atoms with van der Waals surface area (Å²) in [6, 6.07) is 25.6.